The van der Waals surface area contributed by atoms with Gasteiger partial charge >= 0.3 is 5.69 Å². The third-order valence-corrected chi connectivity index (χ3v) is 3.05. The van der Waals surface area contributed by atoms with Gasteiger partial charge in [-0.1, -0.05) is 6.07 Å². The van der Waals surface area contributed by atoms with Gasteiger partial charge in [-0.25, -0.2) is 13.4 Å². The molecule has 0 saturated heterocycles. The molecule has 1 rings (SSSR count). The molecule has 17 heavy (non-hydrogen) atoms. The standard InChI is InChI=1S/C9H13N3O4S/c1-11(2)10-7-5-4-6-8(17(3,15)16)9(7)12(13)14/h4-6,10H,1-3H3. The fraction of sp³-hybridized carbons (Fsp3) is 0.333. The number of anilines is 1. The number of sulfone groups is 1. The molecule has 0 fully saturated rings. The zero-order chi connectivity index (χ0) is 13.2. The Balaban J connectivity index is 3.49. The molecule has 1 aromatic rings. The quantitative estimate of drug-likeness (QED) is 0.637. The van der Waals surface area contributed by atoms with Crippen LogP contribution in [0.3, 0.4) is 0 Å². The second-order valence-corrected chi connectivity index (χ2v) is 5.67. The van der Waals surface area contributed by atoms with Crippen molar-refractivity contribution in [1.29, 1.82) is 0 Å². The average Bonchev–Trinajstić information content (AvgIpc) is 2.14. The molecule has 0 spiro atoms. The predicted octanol–water partition coefficient (Wildman–Crippen LogP) is 0.887. The summed E-state index contributed by atoms with van der Waals surface area (Å²) in [7, 11) is -0.338. The van der Waals surface area contributed by atoms with E-state index in [2.05, 4.69) is 5.43 Å². The summed E-state index contributed by atoms with van der Waals surface area (Å²) in [6, 6.07) is 4.12. The highest BCUT2D eigenvalue weighted by molar-refractivity contribution is 7.90. The molecule has 0 unspecified atom stereocenters. The number of hydrazine groups is 1. The highest BCUT2D eigenvalue weighted by atomic mass is 32.2. The van der Waals surface area contributed by atoms with Gasteiger partial charge in [0.15, 0.2) is 9.84 Å². The number of nitrogens with zero attached hydrogens (tertiary/aromatic N) is 2. The van der Waals surface area contributed by atoms with Crippen molar-refractivity contribution >= 4 is 21.2 Å². The van der Waals surface area contributed by atoms with Gasteiger partial charge in [0, 0.05) is 20.4 Å². The Kier molecular flexibility index (Phi) is 3.69. The molecule has 0 aliphatic heterocycles. The summed E-state index contributed by atoms with van der Waals surface area (Å²) in [6.45, 7) is 0. The van der Waals surface area contributed by atoms with E-state index in [0.717, 1.165) is 6.26 Å². The summed E-state index contributed by atoms with van der Waals surface area (Å²) in [4.78, 5) is 9.95. The molecule has 0 heterocycles. The van der Waals surface area contributed by atoms with Crippen LogP contribution in [-0.4, -0.2) is 38.7 Å². The lowest BCUT2D eigenvalue weighted by Gasteiger charge is -2.14. The fourth-order valence-corrected chi connectivity index (χ4v) is 2.20. The van der Waals surface area contributed by atoms with Gasteiger partial charge in [0.2, 0.25) is 0 Å². The highest BCUT2D eigenvalue weighted by Gasteiger charge is 2.26. The Labute approximate surface area is 99.1 Å². The molecular weight excluding hydrogens is 246 g/mol. The summed E-state index contributed by atoms with van der Waals surface area (Å²) in [5.41, 5.74) is 2.39. The third kappa shape index (κ3) is 3.14. The second-order valence-electron chi connectivity index (χ2n) is 3.69. The minimum absolute atomic E-state index is 0.142. The molecule has 0 aliphatic rings. The van der Waals surface area contributed by atoms with Crippen LogP contribution in [0.5, 0.6) is 0 Å². The molecular formula is C9H13N3O4S. The van der Waals surface area contributed by atoms with E-state index in [1.165, 1.54) is 23.2 Å². The molecule has 0 atom stereocenters. The van der Waals surface area contributed by atoms with Gasteiger partial charge < -0.3 is 5.43 Å². The van der Waals surface area contributed by atoms with Crippen molar-refractivity contribution in [3.8, 4) is 0 Å². The Morgan fingerprint density at radius 1 is 1.35 bits per heavy atom. The summed E-state index contributed by atoms with van der Waals surface area (Å²) < 4.78 is 22.9. The smallest absolute Gasteiger partial charge is 0.312 e. The Morgan fingerprint density at radius 3 is 2.35 bits per heavy atom. The van der Waals surface area contributed by atoms with Crippen molar-refractivity contribution in [2.75, 3.05) is 25.8 Å². The van der Waals surface area contributed by atoms with Crippen LogP contribution in [0.2, 0.25) is 0 Å². The molecule has 0 aromatic heterocycles. The number of rotatable bonds is 4. The largest absolute Gasteiger partial charge is 0.313 e. The minimum atomic E-state index is -3.64. The van der Waals surface area contributed by atoms with Crippen LogP contribution in [0.1, 0.15) is 0 Å². The lowest BCUT2D eigenvalue weighted by molar-refractivity contribution is -0.387. The van der Waals surface area contributed by atoms with E-state index in [1.54, 1.807) is 14.1 Å². The maximum absolute atomic E-state index is 11.5. The van der Waals surface area contributed by atoms with E-state index < -0.39 is 20.4 Å². The molecule has 0 saturated carbocycles. The average molecular weight is 259 g/mol. The first kappa shape index (κ1) is 13.4. The number of para-hydroxylation sites is 1. The molecule has 0 radical (unpaired) electrons. The van der Waals surface area contributed by atoms with E-state index >= 15 is 0 Å². The number of nitro benzene ring substituents is 1. The molecule has 94 valence electrons. The second kappa shape index (κ2) is 4.68. The van der Waals surface area contributed by atoms with Crippen LogP contribution < -0.4 is 5.43 Å². The van der Waals surface area contributed by atoms with Gasteiger partial charge in [-0.15, -0.1) is 0 Å². The highest BCUT2D eigenvalue weighted by Crippen LogP contribution is 2.31. The zero-order valence-electron chi connectivity index (χ0n) is 9.67. The summed E-state index contributed by atoms with van der Waals surface area (Å²) >= 11 is 0. The maximum atomic E-state index is 11.5. The topological polar surface area (TPSA) is 92.6 Å². The van der Waals surface area contributed by atoms with Crippen LogP contribution in [0.4, 0.5) is 11.4 Å². The zero-order valence-corrected chi connectivity index (χ0v) is 10.5. The molecule has 7 nitrogen and oxygen atoms in total. The van der Waals surface area contributed by atoms with Gasteiger partial charge in [-0.3, -0.25) is 10.1 Å². The predicted molar refractivity (Wildman–Crippen MR) is 63.5 cm³/mol. The van der Waals surface area contributed by atoms with Crippen LogP contribution in [0.15, 0.2) is 23.1 Å². The van der Waals surface area contributed by atoms with E-state index in [-0.39, 0.29) is 10.6 Å². The number of benzene rings is 1. The number of hydrogen-bond donors (Lipinski definition) is 1. The molecule has 8 heteroatoms. The fourth-order valence-electron chi connectivity index (χ4n) is 1.34. The summed E-state index contributed by atoms with van der Waals surface area (Å²) in [6.07, 6.45) is 0.939. The van der Waals surface area contributed by atoms with Crippen molar-refractivity contribution in [3.05, 3.63) is 28.3 Å². The van der Waals surface area contributed by atoms with E-state index in [9.17, 15) is 18.5 Å². The minimum Gasteiger partial charge on any atom is -0.313 e. The van der Waals surface area contributed by atoms with Crippen molar-refractivity contribution in [2.24, 2.45) is 0 Å². The summed E-state index contributed by atoms with van der Waals surface area (Å²) in [5.74, 6) is 0. The normalized spacial score (nSPS) is 11.5. The number of nitrogens with one attached hydrogen (secondary N) is 1. The molecule has 1 aromatic carbocycles. The van der Waals surface area contributed by atoms with Gasteiger partial charge in [0.1, 0.15) is 10.6 Å². The van der Waals surface area contributed by atoms with Gasteiger partial charge in [-0.2, -0.15) is 0 Å². The molecule has 0 aliphatic carbocycles. The Hall–Kier alpha value is -1.67. The lowest BCUT2D eigenvalue weighted by atomic mass is 10.3. The van der Waals surface area contributed by atoms with Gasteiger partial charge in [0.25, 0.3) is 0 Å². The van der Waals surface area contributed by atoms with Crippen molar-refractivity contribution < 1.29 is 13.3 Å². The van der Waals surface area contributed by atoms with Crippen LogP contribution in [0, 0.1) is 10.1 Å². The SMILES string of the molecule is CN(C)Nc1cccc(S(C)(=O)=O)c1[N+](=O)[O-]. The first-order chi connectivity index (χ1) is 7.73. The molecule has 0 bridgehead atoms. The van der Waals surface area contributed by atoms with Crippen molar-refractivity contribution in [3.63, 3.8) is 0 Å². The van der Waals surface area contributed by atoms with Crippen LogP contribution in [-0.2, 0) is 9.84 Å². The number of hydrogen-bond acceptors (Lipinski definition) is 6. The monoisotopic (exact) mass is 259 g/mol. The van der Waals surface area contributed by atoms with Crippen LogP contribution >= 0.6 is 0 Å². The van der Waals surface area contributed by atoms with E-state index in [4.69, 9.17) is 0 Å². The third-order valence-electron chi connectivity index (χ3n) is 1.93. The van der Waals surface area contributed by atoms with Gasteiger partial charge in [-0.05, 0) is 12.1 Å². The Morgan fingerprint density at radius 2 is 1.94 bits per heavy atom. The van der Waals surface area contributed by atoms with Gasteiger partial charge in [0.05, 0.1) is 4.92 Å². The summed E-state index contributed by atoms with van der Waals surface area (Å²) in [5, 5.41) is 12.4. The van der Waals surface area contributed by atoms with Crippen molar-refractivity contribution in [2.45, 2.75) is 4.90 Å². The van der Waals surface area contributed by atoms with E-state index in [0.29, 0.717) is 0 Å². The Bertz CT molecular complexity index is 539. The molecule has 1 N–H and O–H groups in total. The molecule has 0 amide bonds. The van der Waals surface area contributed by atoms with Crippen molar-refractivity contribution in [1.82, 2.24) is 5.01 Å². The maximum Gasteiger partial charge on any atom is 0.312 e. The first-order valence-corrected chi connectivity index (χ1v) is 6.54. The lowest BCUT2D eigenvalue weighted by Crippen LogP contribution is -2.20. The first-order valence-electron chi connectivity index (χ1n) is 4.65. The van der Waals surface area contributed by atoms with Crippen LogP contribution in [0.25, 0.3) is 0 Å². The van der Waals surface area contributed by atoms with E-state index in [1.807, 2.05) is 0 Å². The number of nitro groups is 1.